The van der Waals surface area contributed by atoms with Crippen molar-refractivity contribution in [2.24, 2.45) is 0 Å². The Bertz CT molecular complexity index is 1150. The van der Waals surface area contributed by atoms with Crippen molar-refractivity contribution in [3.05, 3.63) is 53.1 Å². The number of rotatable bonds is 4. The van der Waals surface area contributed by atoms with E-state index < -0.39 is 0 Å². The van der Waals surface area contributed by atoms with Crippen molar-refractivity contribution in [1.82, 2.24) is 25.5 Å². The number of hydrogen-bond acceptors (Lipinski definition) is 7. The molecule has 1 aliphatic heterocycles. The van der Waals surface area contributed by atoms with Crippen molar-refractivity contribution in [2.75, 3.05) is 11.9 Å². The molecule has 3 heterocycles. The molecule has 1 aromatic carbocycles. The van der Waals surface area contributed by atoms with E-state index in [1.807, 2.05) is 13.1 Å². The van der Waals surface area contributed by atoms with Crippen LogP contribution in [0.5, 0.6) is 5.75 Å². The zero-order valence-electron chi connectivity index (χ0n) is 19.2. The van der Waals surface area contributed by atoms with Crippen LogP contribution in [0.2, 0.25) is 0 Å². The lowest BCUT2D eigenvalue weighted by Crippen LogP contribution is -2.62. The first-order chi connectivity index (χ1) is 15.0. The van der Waals surface area contributed by atoms with Crippen LogP contribution in [-0.4, -0.2) is 49.4 Å². The number of aromatic nitrogens is 4. The average Bonchev–Trinajstić information content (AvgIpc) is 2.71. The maximum atomic E-state index is 11.6. The summed E-state index contributed by atoms with van der Waals surface area (Å²) in [6.45, 7) is 8.87. The topological polar surface area (TPSA) is 107 Å². The number of nitrogens with zero attached hydrogens (tertiary/aromatic N) is 4. The Balaban J connectivity index is 1.55. The SMILES string of the molecule is CN(c1ncc(-c2ccc(-c3cc[nH]c(=O)c3)cc2O)nn1)C1CC(C)(C)NC(C)(C)C1. The van der Waals surface area contributed by atoms with Gasteiger partial charge in [0, 0.05) is 42.0 Å². The van der Waals surface area contributed by atoms with E-state index in [1.165, 1.54) is 6.07 Å². The molecule has 0 amide bonds. The molecule has 3 aromatic rings. The van der Waals surface area contributed by atoms with Crippen molar-refractivity contribution in [2.45, 2.75) is 57.7 Å². The summed E-state index contributed by atoms with van der Waals surface area (Å²) >= 11 is 0. The lowest BCUT2D eigenvalue weighted by molar-refractivity contribution is 0.160. The standard InChI is InChI=1S/C24H30N6O2/c1-23(2)12-17(13-24(3,4)29-23)30(5)22-26-14-19(27-28-22)18-7-6-15(10-20(18)31)16-8-9-25-21(32)11-16/h6-11,14,17,29,31H,12-13H2,1-5H3,(H,25,32). The molecule has 1 saturated heterocycles. The largest absolute Gasteiger partial charge is 0.507 e. The number of anilines is 1. The first-order valence-electron chi connectivity index (χ1n) is 10.8. The molecule has 8 nitrogen and oxygen atoms in total. The van der Waals surface area contributed by atoms with Crippen LogP contribution in [0.1, 0.15) is 40.5 Å². The number of phenols is 1. The molecule has 0 atom stereocenters. The Labute approximate surface area is 187 Å². The number of piperidine rings is 1. The molecule has 0 radical (unpaired) electrons. The van der Waals surface area contributed by atoms with Crippen LogP contribution in [0.15, 0.2) is 47.5 Å². The van der Waals surface area contributed by atoms with Crippen molar-refractivity contribution >= 4 is 5.95 Å². The first kappa shape index (κ1) is 22.0. The monoisotopic (exact) mass is 434 g/mol. The minimum absolute atomic E-state index is 0.0191. The zero-order chi connectivity index (χ0) is 23.1. The minimum atomic E-state index is -0.193. The van der Waals surface area contributed by atoms with Crippen LogP contribution < -0.4 is 15.8 Å². The first-order valence-corrected chi connectivity index (χ1v) is 10.8. The number of aromatic hydroxyl groups is 1. The maximum absolute atomic E-state index is 11.6. The maximum Gasteiger partial charge on any atom is 0.248 e. The highest BCUT2D eigenvalue weighted by molar-refractivity contribution is 5.73. The lowest BCUT2D eigenvalue weighted by Gasteiger charge is -2.48. The fourth-order valence-electron chi connectivity index (χ4n) is 4.81. The second kappa shape index (κ2) is 8.02. The van der Waals surface area contributed by atoms with Gasteiger partial charge in [0.2, 0.25) is 11.5 Å². The van der Waals surface area contributed by atoms with E-state index in [2.05, 4.69) is 58.1 Å². The number of hydrogen-bond donors (Lipinski definition) is 3. The Morgan fingerprint density at radius 3 is 2.31 bits per heavy atom. The molecular formula is C24H30N6O2. The van der Waals surface area contributed by atoms with E-state index in [0.717, 1.165) is 24.0 Å². The van der Waals surface area contributed by atoms with E-state index in [0.29, 0.717) is 17.2 Å². The van der Waals surface area contributed by atoms with Crippen LogP contribution in [0.25, 0.3) is 22.4 Å². The van der Waals surface area contributed by atoms with Crippen molar-refractivity contribution in [3.8, 4) is 28.1 Å². The number of phenolic OH excluding ortho intramolecular Hbond substituents is 1. The van der Waals surface area contributed by atoms with Gasteiger partial charge in [0.05, 0.1) is 6.20 Å². The fraction of sp³-hybridized carbons (Fsp3) is 0.417. The normalized spacial score (nSPS) is 17.8. The third kappa shape index (κ3) is 4.65. The van der Waals surface area contributed by atoms with Crippen molar-refractivity contribution in [3.63, 3.8) is 0 Å². The predicted octanol–water partition coefficient (Wildman–Crippen LogP) is 3.34. The van der Waals surface area contributed by atoms with Crippen molar-refractivity contribution < 1.29 is 5.11 Å². The van der Waals surface area contributed by atoms with Gasteiger partial charge in [-0.3, -0.25) is 4.79 Å². The van der Waals surface area contributed by atoms with Gasteiger partial charge in [-0.2, -0.15) is 0 Å². The summed E-state index contributed by atoms with van der Waals surface area (Å²) < 4.78 is 0. The van der Waals surface area contributed by atoms with E-state index in [-0.39, 0.29) is 28.4 Å². The number of benzene rings is 1. The molecule has 32 heavy (non-hydrogen) atoms. The van der Waals surface area contributed by atoms with Crippen LogP contribution in [-0.2, 0) is 0 Å². The Kier molecular flexibility index (Phi) is 5.50. The summed E-state index contributed by atoms with van der Waals surface area (Å²) in [6.07, 6.45) is 5.17. The number of aromatic amines is 1. The van der Waals surface area contributed by atoms with Gasteiger partial charge in [-0.05, 0) is 69.9 Å². The molecule has 4 rings (SSSR count). The second-order valence-electron chi connectivity index (χ2n) is 9.88. The quantitative estimate of drug-likeness (QED) is 0.578. The van der Waals surface area contributed by atoms with Gasteiger partial charge in [-0.25, -0.2) is 4.98 Å². The molecular weight excluding hydrogens is 404 g/mol. The van der Waals surface area contributed by atoms with Crippen LogP contribution in [0, 0.1) is 0 Å². The summed E-state index contributed by atoms with van der Waals surface area (Å²) in [4.78, 5) is 20.8. The molecule has 0 saturated carbocycles. The third-order valence-electron chi connectivity index (χ3n) is 5.96. The van der Waals surface area contributed by atoms with E-state index >= 15 is 0 Å². The van der Waals surface area contributed by atoms with Gasteiger partial charge in [0.1, 0.15) is 11.4 Å². The summed E-state index contributed by atoms with van der Waals surface area (Å²) in [5, 5.41) is 22.9. The summed E-state index contributed by atoms with van der Waals surface area (Å²) in [6, 6.07) is 8.78. The minimum Gasteiger partial charge on any atom is -0.507 e. The molecule has 0 bridgehead atoms. The number of pyridine rings is 1. The van der Waals surface area contributed by atoms with Crippen molar-refractivity contribution in [1.29, 1.82) is 0 Å². The second-order valence-corrected chi connectivity index (χ2v) is 9.88. The molecule has 1 aliphatic rings. The molecule has 168 valence electrons. The number of H-pyrrole nitrogens is 1. The zero-order valence-corrected chi connectivity index (χ0v) is 19.2. The van der Waals surface area contributed by atoms with Crippen LogP contribution in [0.4, 0.5) is 5.95 Å². The molecule has 0 unspecified atom stereocenters. The highest BCUT2D eigenvalue weighted by Crippen LogP contribution is 2.34. The smallest absolute Gasteiger partial charge is 0.248 e. The third-order valence-corrected chi connectivity index (χ3v) is 5.96. The van der Waals surface area contributed by atoms with Gasteiger partial charge in [0.15, 0.2) is 0 Å². The molecule has 1 fully saturated rings. The van der Waals surface area contributed by atoms with Crippen LogP contribution >= 0.6 is 0 Å². The Morgan fingerprint density at radius 1 is 1.03 bits per heavy atom. The molecule has 3 N–H and O–H groups in total. The Morgan fingerprint density at radius 2 is 1.72 bits per heavy atom. The molecule has 0 spiro atoms. The van der Waals surface area contributed by atoms with E-state index in [9.17, 15) is 9.90 Å². The molecule has 0 aliphatic carbocycles. The van der Waals surface area contributed by atoms with E-state index in [4.69, 9.17) is 0 Å². The van der Waals surface area contributed by atoms with Gasteiger partial charge >= 0.3 is 0 Å². The summed E-state index contributed by atoms with van der Waals surface area (Å²) in [7, 11) is 2.01. The number of nitrogens with one attached hydrogen (secondary N) is 2. The van der Waals surface area contributed by atoms with E-state index in [1.54, 1.807) is 30.6 Å². The highest BCUT2D eigenvalue weighted by atomic mass is 16.3. The van der Waals surface area contributed by atoms with Gasteiger partial charge < -0.3 is 20.3 Å². The van der Waals surface area contributed by atoms with Gasteiger partial charge in [-0.1, -0.05) is 6.07 Å². The predicted molar refractivity (Wildman–Crippen MR) is 126 cm³/mol. The van der Waals surface area contributed by atoms with Crippen LogP contribution in [0.3, 0.4) is 0 Å². The fourth-order valence-corrected chi connectivity index (χ4v) is 4.81. The lowest BCUT2D eigenvalue weighted by atomic mass is 9.79. The summed E-state index contributed by atoms with van der Waals surface area (Å²) in [5.74, 6) is 0.619. The van der Waals surface area contributed by atoms with Gasteiger partial charge in [-0.15, -0.1) is 10.2 Å². The van der Waals surface area contributed by atoms with Gasteiger partial charge in [0.25, 0.3) is 0 Å². The molecule has 2 aromatic heterocycles. The average molecular weight is 435 g/mol. The summed E-state index contributed by atoms with van der Waals surface area (Å²) in [5.41, 5.74) is 2.34. The Hall–Kier alpha value is -3.26. The molecule has 8 heteroatoms. The highest BCUT2D eigenvalue weighted by Gasteiger charge is 2.39.